The summed E-state index contributed by atoms with van der Waals surface area (Å²) in [7, 11) is 0. The first-order valence-electron chi connectivity index (χ1n) is 5.07. The Balaban J connectivity index is 4.25. The van der Waals surface area contributed by atoms with Gasteiger partial charge in [0.2, 0.25) is 24.3 Å². The summed E-state index contributed by atoms with van der Waals surface area (Å²) in [4.78, 5) is 53.3. The summed E-state index contributed by atoms with van der Waals surface area (Å²) < 4.78 is 5.13. The number of hydrogen-bond donors (Lipinski definition) is 0. The monoisotopic (exact) mass is 266 g/mol. The molecule has 0 spiro atoms. The van der Waals surface area contributed by atoms with E-state index in [4.69, 9.17) is 4.74 Å². The highest BCUT2D eigenvalue weighted by atomic mass is 16.5. The van der Waals surface area contributed by atoms with Crippen LogP contribution in [0.1, 0.15) is 0 Å². The number of rotatable bonds is 10. The Bertz CT molecular complexity index is 413. The average molecular weight is 266 g/mol. The Morgan fingerprint density at radius 2 is 1.16 bits per heavy atom. The van der Waals surface area contributed by atoms with Crippen molar-refractivity contribution in [1.82, 2.24) is 0 Å². The molecule has 0 aliphatic heterocycles. The second kappa shape index (κ2) is 12.0. The summed E-state index contributed by atoms with van der Waals surface area (Å²) >= 11 is 0. The molecule has 19 heavy (non-hydrogen) atoms. The smallest absolute Gasteiger partial charge is 0.235 e. The largest absolute Gasteiger partial charge is 0.377 e. The first kappa shape index (κ1) is 16.5. The Hall–Kier alpha value is -2.52. The molecule has 0 heterocycles. The lowest BCUT2D eigenvalue weighted by Crippen LogP contribution is -2.23. The Kier molecular flexibility index (Phi) is 10.4. The van der Waals surface area contributed by atoms with E-state index in [2.05, 4.69) is 20.0 Å². The number of nitrogens with zero attached hydrogens (tertiary/aromatic N) is 4. The molecule has 0 aromatic rings. The van der Waals surface area contributed by atoms with Gasteiger partial charge in [-0.05, 0) is 0 Å². The number of ether oxygens (including phenoxy) is 1. The maximum absolute atomic E-state index is 10.1. The molecule has 0 amide bonds. The summed E-state index contributed by atoms with van der Waals surface area (Å²) in [5.74, 6) is 0. The molecule has 0 aliphatic rings. The van der Waals surface area contributed by atoms with Crippen molar-refractivity contribution in [2.45, 2.75) is 12.1 Å². The Morgan fingerprint density at radius 1 is 0.737 bits per heavy atom. The van der Waals surface area contributed by atoms with Crippen LogP contribution in [0, 0.1) is 0 Å². The molecule has 0 aromatic heterocycles. The maximum atomic E-state index is 10.1. The van der Waals surface area contributed by atoms with E-state index >= 15 is 0 Å². The van der Waals surface area contributed by atoms with Gasteiger partial charge in [0.15, 0.2) is 0 Å². The fourth-order valence-corrected chi connectivity index (χ4v) is 1.04. The predicted molar refractivity (Wildman–Crippen MR) is 60.6 cm³/mol. The van der Waals surface area contributed by atoms with Gasteiger partial charge in [0.05, 0.1) is 26.3 Å². The van der Waals surface area contributed by atoms with Gasteiger partial charge < -0.3 is 4.74 Å². The van der Waals surface area contributed by atoms with Crippen LogP contribution in [-0.2, 0) is 23.9 Å². The molecule has 0 saturated heterocycles. The highest BCUT2D eigenvalue weighted by Crippen LogP contribution is 1.97. The maximum Gasteiger partial charge on any atom is 0.235 e. The van der Waals surface area contributed by atoms with Crippen molar-refractivity contribution in [3.63, 3.8) is 0 Å². The van der Waals surface area contributed by atoms with Gasteiger partial charge in [0.25, 0.3) is 0 Å². The molecule has 9 heteroatoms. The fourth-order valence-electron chi connectivity index (χ4n) is 1.04. The van der Waals surface area contributed by atoms with Crippen LogP contribution < -0.4 is 0 Å². The lowest BCUT2D eigenvalue weighted by molar-refractivity contribution is 0.112. The minimum absolute atomic E-state index is 0.0316. The van der Waals surface area contributed by atoms with Gasteiger partial charge in [-0.15, -0.1) is 0 Å². The summed E-state index contributed by atoms with van der Waals surface area (Å²) in [6.45, 7) is -0.189. The molecule has 2 atom stereocenters. The number of hydrogen-bond acceptors (Lipinski definition) is 9. The van der Waals surface area contributed by atoms with Crippen molar-refractivity contribution in [2.75, 3.05) is 26.3 Å². The summed E-state index contributed by atoms with van der Waals surface area (Å²) in [6.07, 6.45) is 5.26. The van der Waals surface area contributed by atoms with Gasteiger partial charge in [0, 0.05) is 0 Å². The average Bonchev–Trinajstić information content (AvgIpc) is 2.42. The third-order valence-electron chi connectivity index (χ3n) is 1.82. The van der Waals surface area contributed by atoms with Crippen LogP contribution in [-0.4, -0.2) is 62.7 Å². The highest BCUT2D eigenvalue weighted by Gasteiger charge is 2.10. The second-order valence-corrected chi connectivity index (χ2v) is 3.15. The van der Waals surface area contributed by atoms with Crippen LogP contribution in [0.4, 0.5) is 0 Å². The standard InChI is InChI=1S/C10H10N4O5/c15-5-11-1-9(13-7-17)3-19-4-10(14-8-18)2-12-6-16/h9-10H,1-4H2. The van der Waals surface area contributed by atoms with E-state index in [-0.39, 0.29) is 26.3 Å². The zero-order chi connectivity index (χ0) is 14.3. The SMILES string of the molecule is O=C=NCC(COCC(CN=C=O)N=C=O)N=C=O. The predicted octanol–water partition coefficient (Wildman–Crippen LogP) is -0.917. The zero-order valence-corrected chi connectivity index (χ0v) is 9.81. The summed E-state index contributed by atoms with van der Waals surface area (Å²) in [6, 6.07) is -1.34. The fraction of sp³-hybridized carbons (Fsp3) is 0.600. The van der Waals surface area contributed by atoms with E-state index < -0.39 is 12.1 Å². The lowest BCUT2D eigenvalue weighted by Gasteiger charge is -2.10. The molecule has 100 valence electrons. The third kappa shape index (κ3) is 9.21. The van der Waals surface area contributed by atoms with Crippen LogP contribution in [0.2, 0.25) is 0 Å². The molecule has 0 bridgehead atoms. The van der Waals surface area contributed by atoms with E-state index in [1.165, 1.54) is 24.3 Å². The lowest BCUT2D eigenvalue weighted by atomic mass is 10.3. The molecule has 9 nitrogen and oxygen atoms in total. The van der Waals surface area contributed by atoms with E-state index in [0.29, 0.717) is 0 Å². The van der Waals surface area contributed by atoms with E-state index in [1.54, 1.807) is 0 Å². The summed E-state index contributed by atoms with van der Waals surface area (Å²) in [5, 5.41) is 0. The molecular weight excluding hydrogens is 256 g/mol. The van der Waals surface area contributed by atoms with E-state index in [1.807, 2.05) is 0 Å². The minimum atomic E-state index is -0.672. The van der Waals surface area contributed by atoms with Crippen LogP contribution >= 0.6 is 0 Å². The van der Waals surface area contributed by atoms with Crippen LogP contribution in [0.3, 0.4) is 0 Å². The Labute approximate surface area is 107 Å². The van der Waals surface area contributed by atoms with Crippen LogP contribution in [0.5, 0.6) is 0 Å². The topological polar surface area (TPSA) is 127 Å². The van der Waals surface area contributed by atoms with Gasteiger partial charge in [-0.2, -0.15) is 9.98 Å². The highest BCUT2D eigenvalue weighted by molar-refractivity contribution is 5.35. The molecular formula is C10H10N4O5. The summed E-state index contributed by atoms with van der Waals surface area (Å²) in [5.41, 5.74) is 0. The molecule has 0 N–H and O–H groups in total. The molecule has 0 radical (unpaired) electrons. The van der Waals surface area contributed by atoms with Gasteiger partial charge in [-0.25, -0.2) is 29.2 Å². The normalized spacial score (nSPS) is 11.8. The van der Waals surface area contributed by atoms with E-state index in [9.17, 15) is 19.2 Å². The Morgan fingerprint density at radius 3 is 1.47 bits per heavy atom. The van der Waals surface area contributed by atoms with Crippen molar-refractivity contribution < 1.29 is 23.9 Å². The molecule has 0 rings (SSSR count). The van der Waals surface area contributed by atoms with E-state index in [0.717, 1.165) is 0 Å². The van der Waals surface area contributed by atoms with Crippen molar-refractivity contribution in [2.24, 2.45) is 20.0 Å². The van der Waals surface area contributed by atoms with Crippen molar-refractivity contribution in [3.05, 3.63) is 0 Å². The first-order valence-corrected chi connectivity index (χ1v) is 5.07. The van der Waals surface area contributed by atoms with Gasteiger partial charge in [-0.3, -0.25) is 0 Å². The van der Waals surface area contributed by atoms with Crippen molar-refractivity contribution >= 4 is 24.3 Å². The molecule has 0 aromatic carbocycles. The molecule has 0 aliphatic carbocycles. The van der Waals surface area contributed by atoms with Gasteiger partial charge >= 0.3 is 0 Å². The quantitative estimate of drug-likeness (QED) is 0.373. The number of carbonyl (C=O) groups excluding carboxylic acids is 4. The first-order chi connectivity index (χ1) is 9.28. The number of aliphatic imine (C=N–C) groups is 4. The minimum Gasteiger partial charge on any atom is -0.377 e. The molecule has 0 fully saturated rings. The molecule has 0 saturated carbocycles. The second-order valence-electron chi connectivity index (χ2n) is 3.15. The number of isocyanates is 4. The van der Waals surface area contributed by atoms with Crippen LogP contribution in [0.15, 0.2) is 20.0 Å². The zero-order valence-electron chi connectivity index (χ0n) is 9.81. The third-order valence-corrected chi connectivity index (χ3v) is 1.82. The van der Waals surface area contributed by atoms with Crippen molar-refractivity contribution in [1.29, 1.82) is 0 Å². The van der Waals surface area contributed by atoms with Crippen LogP contribution in [0.25, 0.3) is 0 Å². The molecule has 2 unspecified atom stereocenters. The van der Waals surface area contributed by atoms with Gasteiger partial charge in [0.1, 0.15) is 12.1 Å². The van der Waals surface area contributed by atoms with Crippen molar-refractivity contribution in [3.8, 4) is 0 Å². The van der Waals surface area contributed by atoms with Gasteiger partial charge in [-0.1, -0.05) is 0 Å².